The van der Waals surface area contributed by atoms with Gasteiger partial charge in [-0.2, -0.15) is 5.10 Å². The lowest BCUT2D eigenvalue weighted by Crippen LogP contribution is -2.18. The minimum Gasteiger partial charge on any atom is -0.451 e. The molecule has 11 nitrogen and oxygen atoms in total. The van der Waals surface area contributed by atoms with Gasteiger partial charge < -0.3 is 24.5 Å². The van der Waals surface area contributed by atoms with Gasteiger partial charge in [-0.25, -0.2) is 4.98 Å². The first-order chi connectivity index (χ1) is 19.9. The summed E-state index contributed by atoms with van der Waals surface area (Å²) in [6.45, 7) is 2.85. The highest BCUT2D eigenvalue weighted by molar-refractivity contribution is 5.93. The van der Waals surface area contributed by atoms with Gasteiger partial charge in [0.15, 0.2) is 6.39 Å². The van der Waals surface area contributed by atoms with Crippen molar-refractivity contribution in [3.63, 3.8) is 0 Å². The minimum atomic E-state index is -4.76. The predicted molar refractivity (Wildman–Crippen MR) is 144 cm³/mol. The van der Waals surface area contributed by atoms with Crippen LogP contribution in [0, 0.1) is 0 Å². The number of hydrogen-bond acceptors (Lipinski definition) is 9. The molecule has 2 aromatic carbocycles. The summed E-state index contributed by atoms with van der Waals surface area (Å²) in [7, 11) is 0. The molecule has 0 amide bonds. The van der Waals surface area contributed by atoms with E-state index in [4.69, 9.17) is 9.15 Å². The molecule has 0 radical (unpaired) electrons. The Balaban J connectivity index is 1.01. The van der Waals surface area contributed by atoms with Crippen LogP contribution in [0.1, 0.15) is 29.7 Å². The highest BCUT2D eigenvalue weighted by atomic mass is 19.4. The Morgan fingerprint density at radius 1 is 0.976 bits per heavy atom. The van der Waals surface area contributed by atoms with Gasteiger partial charge in [0.2, 0.25) is 0 Å². The number of benzene rings is 2. The number of unbranched alkanes of at least 4 members (excludes halogenated alkanes) is 1. The van der Waals surface area contributed by atoms with Crippen molar-refractivity contribution in [1.29, 1.82) is 0 Å². The quantitative estimate of drug-likeness (QED) is 0.155. The van der Waals surface area contributed by atoms with Crippen molar-refractivity contribution in [3.05, 3.63) is 78.7 Å². The summed E-state index contributed by atoms with van der Waals surface area (Å²) in [4.78, 5) is 4.04. The summed E-state index contributed by atoms with van der Waals surface area (Å²) in [6, 6.07) is 8.58. The van der Waals surface area contributed by atoms with Crippen molar-refractivity contribution >= 4 is 16.6 Å². The number of aromatic amines is 1. The molecule has 0 atom stereocenters. The zero-order valence-corrected chi connectivity index (χ0v) is 22.0. The van der Waals surface area contributed by atoms with Gasteiger partial charge >= 0.3 is 6.36 Å². The Morgan fingerprint density at radius 2 is 1.83 bits per heavy atom. The van der Waals surface area contributed by atoms with E-state index in [0.717, 1.165) is 35.1 Å². The number of anilines is 1. The third kappa shape index (κ3) is 8.28. The third-order valence-corrected chi connectivity index (χ3v) is 6.17. The summed E-state index contributed by atoms with van der Waals surface area (Å²) in [6.07, 6.45) is 5.07. The fraction of sp³-hybridized carbons (Fsp3) is 0.333. The number of oxazole rings is 1. The monoisotopic (exact) mass is 570 g/mol. The van der Waals surface area contributed by atoms with E-state index in [2.05, 4.69) is 40.7 Å². The molecule has 41 heavy (non-hydrogen) atoms. The highest BCUT2D eigenvalue weighted by Gasteiger charge is 2.31. The second kappa shape index (κ2) is 13.3. The molecule has 5 rings (SSSR count). The zero-order chi connectivity index (χ0) is 28.5. The molecule has 3 N–H and O–H groups in total. The molecule has 0 bridgehead atoms. The van der Waals surface area contributed by atoms with Crippen molar-refractivity contribution < 1.29 is 27.1 Å². The van der Waals surface area contributed by atoms with Crippen LogP contribution in [0.4, 0.5) is 18.9 Å². The van der Waals surface area contributed by atoms with E-state index in [0.29, 0.717) is 56.1 Å². The van der Waals surface area contributed by atoms with Crippen LogP contribution in [0.2, 0.25) is 0 Å². The van der Waals surface area contributed by atoms with Gasteiger partial charge in [0.05, 0.1) is 29.7 Å². The fourth-order valence-electron chi connectivity index (χ4n) is 4.37. The van der Waals surface area contributed by atoms with Crippen LogP contribution in [-0.4, -0.2) is 62.6 Å². The first kappa shape index (κ1) is 28.1. The van der Waals surface area contributed by atoms with Crippen LogP contribution in [0.5, 0.6) is 5.75 Å². The van der Waals surface area contributed by atoms with E-state index in [1.165, 1.54) is 24.8 Å². The third-order valence-electron chi connectivity index (χ3n) is 6.17. The van der Waals surface area contributed by atoms with Crippen LogP contribution in [-0.2, 0) is 17.7 Å². The lowest BCUT2D eigenvalue weighted by Gasteiger charge is -2.13. The fourth-order valence-corrected chi connectivity index (χ4v) is 4.37. The van der Waals surface area contributed by atoms with Gasteiger partial charge in [-0.1, -0.05) is 6.07 Å². The second-order valence-electron chi connectivity index (χ2n) is 9.31. The number of aromatic nitrogens is 6. The number of halogens is 3. The maximum absolute atomic E-state index is 12.8. The smallest absolute Gasteiger partial charge is 0.451 e. The van der Waals surface area contributed by atoms with Crippen molar-refractivity contribution in [2.75, 3.05) is 31.6 Å². The van der Waals surface area contributed by atoms with Gasteiger partial charge in [0, 0.05) is 37.2 Å². The molecule has 0 saturated heterocycles. The molecule has 3 heterocycles. The molecule has 0 saturated carbocycles. The lowest BCUT2D eigenvalue weighted by atomic mass is 10.1. The van der Waals surface area contributed by atoms with Gasteiger partial charge in [-0.15, -0.1) is 23.4 Å². The Kier molecular flexibility index (Phi) is 9.11. The molecule has 14 heteroatoms. The number of ether oxygens (including phenoxy) is 2. The number of alkyl halides is 3. The standard InChI is InChI=1S/C27H29F3N8O3/c28-27(29,30)41-23-9-19(8-21-15-40-18-33-21)7-20(10-23)13-31-3-1-2-5-39-6-4-32-25-11-22(38-16-35-36-17-38)12-26-24(25)14-34-37-26/h7,9-12,14-18,31-32H,1-6,8,13H2,(H,34,37). The van der Waals surface area contributed by atoms with Gasteiger partial charge in [0.25, 0.3) is 0 Å². The van der Waals surface area contributed by atoms with Gasteiger partial charge in [-0.3, -0.25) is 9.67 Å². The lowest BCUT2D eigenvalue weighted by molar-refractivity contribution is -0.274. The van der Waals surface area contributed by atoms with Gasteiger partial charge in [-0.05, 0) is 54.8 Å². The van der Waals surface area contributed by atoms with E-state index >= 15 is 0 Å². The number of H-pyrrole nitrogens is 1. The Hall–Kier alpha value is -4.43. The number of fused-ring (bicyclic) bond motifs is 1. The molecule has 0 aliphatic rings. The van der Waals surface area contributed by atoms with Crippen LogP contribution in [0.25, 0.3) is 16.6 Å². The average molecular weight is 571 g/mol. The van der Waals surface area contributed by atoms with Crippen LogP contribution in [0.15, 0.2) is 66.3 Å². The van der Waals surface area contributed by atoms with Crippen molar-refractivity contribution in [2.45, 2.75) is 32.2 Å². The van der Waals surface area contributed by atoms with Crippen LogP contribution >= 0.6 is 0 Å². The van der Waals surface area contributed by atoms with Crippen molar-refractivity contribution in [3.8, 4) is 11.4 Å². The van der Waals surface area contributed by atoms with Crippen molar-refractivity contribution in [2.24, 2.45) is 0 Å². The van der Waals surface area contributed by atoms with E-state index < -0.39 is 6.36 Å². The van der Waals surface area contributed by atoms with Gasteiger partial charge in [0.1, 0.15) is 24.7 Å². The molecule has 5 aromatic rings. The summed E-state index contributed by atoms with van der Waals surface area (Å²) >= 11 is 0. The Bertz CT molecular complexity index is 1500. The molecule has 3 aromatic heterocycles. The predicted octanol–water partition coefficient (Wildman–Crippen LogP) is 4.62. The second-order valence-corrected chi connectivity index (χ2v) is 9.31. The highest BCUT2D eigenvalue weighted by Crippen LogP contribution is 2.27. The minimum absolute atomic E-state index is 0.253. The Labute approximate surface area is 233 Å². The first-order valence-corrected chi connectivity index (χ1v) is 13.0. The Morgan fingerprint density at radius 3 is 2.63 bits per heavy atom. The van der Waals surface area contributed by atoms with Crippen molar-refractivity contribution in [1.82, 2.24) is 35.3 Å². The number of hydrogen-bond donors (Lipinski definition) is 3. The van der Waals surface area contributed by atoms with Crippen LogP contribution < -0.4 is 15.4 Å². The van der Waals surface area contributed by atoms with E-state index in [9.17, 15) is 13.2 Å². The summed E-state index contributed by atoms with van der Waals surface area (Å²) in [5.41, 5.74) is 4.71. The van der Waals surface area contributed by atoms with E-state index in [1.807, 2.05) is 22.8 Å². The summed E-state index contributed by atoms with van der Waals surface area (Å²) < 4.78 is 55.1. The molecule has 216 valence electrons. The molecule has 0 fully saturated rings. The average Bonchev–Trinajstić information content (AvgIpc) is 3.71. The number of nitrogens with zero attached hydrogens (tertiary/aromatic N) is 5. The normalized spacial score (nSPS) is 11.8. The molecular weight excluding hydrogens is 541 g/mol. The van der Waals surface area contributed by atoms with E-state index in [-0.39, 0.29) is 5.75 Å². The molecule has 0 unspecified atom stereocenters. The molecule has 0 aliphatic carbocycles. The molecular formula is C27H29F3N8O3. The van der Waals surface area contributed by atoms with E-state index in [1.54, 1.807) is 18.9 Å². The summed E-state index contributed by atoms with van der Waals surface area (Å²) in [5.74, 6) is -0.253. The van der Waals surface area contributed by atoms with Crippen LogP contribution in [0.3, 0.4) is 0 Å². The number of nitrogens with one attached hydrogen (secondary N) is 3. The SMILES string of the molecule is FC(F)(F)Oc1cc(CNCCCCOCCNc2cc(-n3cnnc3)cc3[nH]ncc23)cc(Cc2cocn2)c1. The number of rotatable bonds is 15. The maximum atomic E-state index is 12.8. The summed E-state index contributed by atoms with van der Waals surface area (Å²) in [5, 5.41) is 22.5. The largest absolute Gasteiger partial charge is 0.573 e. The first-order valence-electron chi connectivity index (χ1n) is 13.0. The maximum Gasteiger partial charge on any atom is 0.573 e. The topological polar surface area (TPSA) is 128 Å². The molecule has 0 spiro atoms. The molecule has 0 aliphatic heterocycles. The zero-order valence-electron chi connectivity index (χ0n) is 22.0.